The highest BCUT2D eigenvalue weighted by Gasteiger charge is 2.25. The van der Waals surface area contributed by atoms with E-state index >= 15 is 0 Å². The molecule has 178 valence electrons. The third kappa shape index (κ3) is 5.40. The number of likely N-dealkylation sites (tertiary alicyclic amines) is 1. The zero-order chi connectivity index (χ0) is 24.2. The number of amides is 1. The summed E-state index contributed by atoms with van der Waals surface area (Å²) < 4.78 is 21.3. The molecule has 1 saturated heterocycles. The van der Waals surface area contributed by atoms with Crippen LogP contribution in [0.15, 0.2) is 79.1 Å². The van der Waals surface area contributed by atoms with Gasteiger partial charge in [-0.25, -0.2) is 14.4 Å². The zero-order valence-corrected chi connectivity index (χ0v) is 19.6. The molecule has 0 radical (unpaired) electrons. The van der Waals surface area contributed by atoms with Crippen LogP contribution in [0.3, 0.4) is 0 Å². The van der Waals surface area contributed by atoms with Crippen LogP contribution in [0.25, 0.3) is 0 Å². The van der Waals surface area contributed by atoms with Gasteiger partial charge in [0.25, 0.3) is 5.91 Å². The Labute approximate surface area is 204 Å². The Morgan fingerprint density at radius 1 is 1.06 bits per heavy atom. The number of rotatable bonds is 6. The molecular weight excluding hydrogens is 443 g/mol. The first-order valence-electron chi connectivity index (χ1n) is 11.8. The summed E-state index contributed by atoms with van der Waals surface area (Å²) in [5, 5.41) is 0. The molecular formula is C28H27FN4O2. The molecule has 4 aromatic rings. The van der Waals surface area contributed by atoms with Crippen molar-refractivity contribution in [3.05, 3.63) is 108 Å². The molecule has 7 heteroatoms. The minimum atomic E-state index is -0.349. The topological polar surface area (TPSA) is 60.2 Å². The molecule has 3 heterocycles. The number of hydrogen-bond acceptors (Lipinski definition) is 4. The maximum absolute atomic E-state index is 13.5. The number of halogens is 1. The van der Waals surface area contributed by atoms with Crippen molar-refractivity contribution in [2.45, 2.75) is 32.2 Å². The quantitative estimate of drug-likeness (QED) is 0.369. The summed E-state index contributed by atoms with van der Waals surface area (Å²) in [6, 6.07) is 19.5. The Kier molecular flexibility index (Phi) is 6.57. The van der Waals surface area contributed by atoms with Crippen LogP contribution >= 0.6 is 0 Å². The Balaban J connectivity index is 1.21. The van der Waals surface area contributed by atoms with E-state index in [0.717, 1.165) is 29.9 Å². The molecule has 2 aromatic carbocycles. The van der Waals surface area contributed by atoms with E-state index in [-0.39, 0.29) is 17.6 Å². The second-order valence-corrected chi connectivity index (χ2v) is 8.83. The van der Waals surface area contributed by atoms with Gasteiger partial charge in [-0.3, -0.25) is 4.79 Å². The number of nitrogens with zero attached hydrogens (tertiary/aromatic N) is 4. The predicted octanol–water partition coefficient (Wildman–Crippen LogP) is 5.59. The molecule has 1 fully saturated rings. The Morgan fingerprint density at radius 2 is 1.86 bits per heavy atom. The minimum Gasteiger partial charge on any atom is -0.439 e. The van der Waals surface area contributed by atoms with Crippen molar-refractivity contribution in [1.29, 1.82) is 0 Å². The molecule has 1 aliphatic heterocycles. The van der Waals surface area contributed by atoms with E-state index in [0.29, 0.717) is 36.8 Å². The summed E-state index contributed by atoms with van der Waals surface area (Å²) in [5.41, 5.74) is 2.72. The number of hydrogen-bond donors (Lipinski definition) is 0. The Hall–Kier alpha value is -4.00. The predicted molar refractivity (Wildman–Crippen MR) is 131 cm³/mol. The van der Waals surface area contributed by atoms with Crippen molar-refractivity contribution in [1.82, 2.24) is 19.4 Å². The van der Waals surface area contributed by atoms with Crippen molar-refractivity contribution >= 4 is 5.91 Å². The molecule has 1 aliphatic rings. The van der Waals surface area contributed by atoms with Crippen LogP contribution in [-0.4, -0.2) is 38.4 Å². The molecule has 0 saturated carbocycles. The second kappa shape index (κ2) is 10.1. The second-order valence-electron chi connectivity index (χ2n) is 8.83. The number of aromatic nitrogens is 3. The summed E-state index contributed by atoms with van der Waals surface area (Å²) >= 11 is 0. The van der Waals surface area contributed by atoms with Crippen molar-refractivity contribution in [2.75, 3.05) is 13.1 Å². The lowest BCUT2D eigenvalue weighted by Gasteiger charge is -2.32. The monoisotopic (exact) mass is 470 g/mol. The first-order chi connectivity index (χ1) is 17.0. The number of ether oxygens (including phenoxy) is 1. The van der Waals surface area contributed by atoms with Gasteiger partial charge < -0.3 is 14.2 Å². The molecule has 2 aromatic heterocycles. The van der Waals surface area contributed by atoms with E-state index < -0.39 is 0 Å². The minimum absolute atomic E-state index is 0.0591. The van der Waals surface area contributed by atoms with Crippen LogP contribution in [0, 0.1) is 12.7 Å². The van der Waals surface area contributed by atoms with Crippen LogP contribution in [0.4, 0.5) is 4.39 Å². The number of imidazole rings is 1. The lowest BCUT2D eigenvalue weighted by atomic mass is 9.92. The van der Waals surface area contributed by atoms with Gasteiger partial charge in [0.05, 0.1) is 0 Å². The number of piperidine rings is 1. The Morgan fingerprint density at radius 3 is 2.63 bits per heavy atom. The number of benzene rings is 2. The van der Waals surface area contributed by atoms with Gasteiger partial charge in [-0.2, -0.15) is 0 Å². The molecule has 0 unspecified atom stereocenters. The van der Waals surface area contributed by atoms with Crippen LogP contribution in [0.2, 0.25) is 0 Å². The molecule has 1 amide bonds. The summed E-state index contributed by atoms with van der Waals surface area (Å²) in [6.45, 7) is 4.00. The highest BCUT2D eigenvalue weighted by Crippen LogP contribution is 2.30. The maximum Gasteiger partial charge on any atom is 0.253 e. The number of aryl methyl sites for hydroxylation is 1. The lowest BCUT2D eigenvalue weighted by Crippen LogP contribution is -2.38. The molecule has 0 bridgehead atoms. The number of carbonyl (C=O) groups is 1. The van der Waals surface area contributed by atoms with Crippen molar-refractivity contribution in [2.24, 2.45) is 0 Å². The van der Waals surface area contributed by atoms with E-state index in [4.69, 9.17) is 4.74 Å². The molecule has 0 aliphatic carbocycles. The van der Waals surface area contributed by atoms with Gasteiger partial charge in [0.15, 0.2) is 0 Å². The van der Waals surface area contributed by atoms with Crippen molar-refractivity contribution < 1.29 is 13.9 Å². The summed E-state index contributed by atoms with van der Waals surface area (Å²) in [5.74, 6) is 1.76. The third-order valence-electron chi connectivity index (χ3n) is 6.41. The fourth-order valence-electron chi connectivity index (χ4n) is 4.50. The third-order valence-corrected chi connectivity index (χ3v) is 6.41. The van der Waals surface area contributed by atoms with Crippen molar-refractivity contribution in [3.8, 4) is 11.6 Å². The Bertz CT molecular complexity index is 1330. The van der Waals surface area contributed by atoms with Gasteiger partial charge in [-0.15, -0.1) is 0 Å². The SMILES string of the molecule is Cc1nccn1Cc1cccc(C(=O)N2CCC(c3cccc(Oc4cccc(F)c4)n3)CC2)c1. The average Bonchev–Trinajstić information content (AvgIpc) is 3.28. The molecule has 35 heavy (non-hydrogen) atoms. The highest BCUT2D eigenvalue weighted by molar-refractivity contribution is 5.94. The first-order valence-corrected chi connectivity index (χ1v) is 11.8. The van der Waals surface area contributed by atoms with Crippen LogP contribution in [-0.2, 0) is 6.54 Å². The van der Waals surface area contributed by atoms with Gasteiger partial charge in [0.2, 0.25) is 5.88 Å². The molecule has 6 nitrogen and oxygen atoms in total. The number of carbonyl (C=O) groups excluding carboxylic acids is 1. The van der Waals surface area contributed by atoms with E-state index in [9.17, 15) is 9.18 Å². The summed E-state index contributed by atoms with van der Waals surface area (Å²) in [6.07, 6.45) is 5.39. The van der Waals surface area contributed by atoms with E-state index in [2.05, 4.69) is 14.5 Å². The van der Waals surface area contributed by atoms with Crippen LogP contribution in [0.1, 0.15) is 46.2 Å². The average molecular weight is 471 g/mol. The van der Waals surface area contributed by atoms with E-state index in [1.54, 1.807) is 24.4 Å². The first kappa shape index (κ1) is 22.8. The van der Waals surface area contributed by atoms with Gasteiger partial charge in [0.1, 0.15) is 17.4 Å². The van der Waals surface area contributed by atoms with Crippen LogP contribution in [0.5, 0.6) is 11.6 Å². The highest BCUT2D eigenvalue weighted by atomic mass is 19.1. The smallest absolute Gasteiger partial charge is 0.253 e. The summed E-state index contributed by atoms with van der Waals surface area (Å²) in [4.78, 5) is 24.0. The van der Waals surface area contributed by atoms with Gasteiger partial charge in [-0.1, -0.05) is 24.3 Å². The van der Waals surface area contributed by atoms with Crippen molar-refractivity contribution in [3.63, 3.8) is 0 Å². The van der Waals surface area contributed by atoms with E-state index in [1.165, 1.54) is 12.1 Å². The lowest BCUT2D eigenvalue weighted by molar-refractivity contribution is 0.0712. The van der Waals surface area contributed by atoms with Gasteiger partial charge in [0, 0.05) is 61.3 Å². The molecule has 0 N–H and O–H groups in total. The summed E-state index contributed by atoms with van der Waals surface area (Å²) in [7, 11) is 0. The normalized spacial score (nSPS) is 14.2. The fraction of sp³-hybridized carbons (Fsp3) is 0.250. The van der Waals surface area contributed by atoms with Gasteiger partial charge in [-0.05, 0) is 55.7 Å². The fourth-order valence-corrected chi connectivity index (χ4v) is 4.50. The van der Waals surface area contributed by atoms with Crippen LogP contribution < -0.4 is 4.74 Å². The maximum atomic E-state index is 13.5. The largest absolute Gasteiger partial charge is 0.439 e. The standard InChI is InChI=1S/C28H27FN4O2/c1-20-30-13-16-33(20)19-21-5-2-6-23(17-21)28(34)32-14-11-22(12-15-32)26-9-4-10-27(31-26)35-25-8-3-7-24(29)18-25/h2-10,13,16-18,22H,11-12,14-15,19H2,1H3. The molecule has 0 atom stereocenters. The molecule has 0 spiro atoms. The number of pyridine rings is 1. The molecule has 5 rings (SSSR count). The zero-order valence-electron chi connectivity index (χ0n) is 19.6. The van der Waals surface area contributed by atoms with Gasteiger partial charge >= 0.3 is 0 Å². The van der Waals surface area contributed by atoms with E-state index in [1.807, 2.05) is 54.4 Å².